The first-order valence-corrected chi connectivity index (χ1v) is 11.0. The lowest BCUT2D eigenvalue weighted by atomic mass is 9.63. The molecule has 0 saturated carbocycles. The topological polar surface area (TPSA) is 12.9 Å². The quantitative estimate of drug-likeness (QED) is 0.238. The van der Waals surface area contributed by atoms with Crippen LogP contribution in [-0.4, -0.2) is 4.98 Å². The fraction of sp³-hybridized carbons (Fsp3) is 0.0357. The molecule has 1 heterocycles. The largest absolute Gasteiger partial charge is 0.259 e. The van der Waals surface area contributed by atoms with Crippen LogP contribution in [0.5, 0.6) is 0 Å². The predicted octanol–water partition coefficient (Wildman–Crippen LogP) is 7.34. The van der Waals surface area contributed by atoms with Crippen LogP contribution in [0.4, 0.5) is 0 Å². The van der Waals surface area contributed by atoms with E-state index in [1.54, 1.807) is 0 Å². The minimum absolute atomic E-state index is 0.406. The molecule has 0 saturated heterocycles. The lowest BCUT2D eigenvalue weighted by molar-refractivity contribution is 0.739. The lowest BCUT2D eigenvalue weighted by Crippen LogP contribution is -2.32. The monoisotopic (exact) mass is 445 g/mol. The summed E-state index contributed by atoms with van der Waals surface area (Å²) < 4.78 is 1.13. The van der Waals surface area contributed by atoms with E-state index in [-0.39, 0.29) is 0 Å². The summed E-state index contributed by atoms with van der Waals surface area (Å²) >= 11 is 3.80. The van der Waals surface area contributed by atoms with Crippen molar-refractivity contribution in [2.24, 2.45) is 0 Å². The number of hydrogen-bond acceptors (Lipinski definition) is 1. The first-order valence-electron chi connectivity index (χ1n) is 10.2. The molecule has 2 heteroatoms. The van der Waals surface area contributed by atoms with Crippen LogP contribution < -0.4 is 0 Å². The molecule has 7 rings (SSSR count). The Morgan fingerprint density at radius 2 is 1.23 bits per heavy atom. The van der Waals surface area contributed by atoms with Gasteiger partial charge in [0.15, 0.2) is 0 Å². The van der Waals surface area contributed by atoms with Crippen molar-refractivity contribution < 1.29 is 0 Å². The molecule has 4 aromatic carbocycles. The molecule has 2 aliphatic rings. The lowest BCUT2D eigenvalue weighted by Gasteiger charge is -2.38. The summed E-state index contributed by atoms with van der Waals surface area (Å²) in [6, 6.07) is 33.1. The number of benzene rings is 4. The van der Waals surface area contributed by atoms with E-state index in [4.69, 9.17) is 4.98 Å². The standard InChI is InChI=1S/C28H16BrN/c29-25-15-14-19-20-10-6-16-30-27(20)28(24-13-5-9-21(25)26(19)24)22-11-3-1-7-17(22)18-8-2-4-12-23(18)28/h1-16H. The van der Waals surface area contributed by atoms with Crippen molar-refractivity contribution in [3.05, 3.63) is 124 Å². The molecule has 0 fully saturated rings. The molecule has 0 radical (unpaired) electrons. The van der Waals surface area contributed by atoms with E-state index < -0.39 is 5.41 Å². The van der Waals surface area contributed by atoms with Crippen molar-refractivity contribution in [2.75, 3.05) is 0 Å². The SMILES string of the molecule is Brc1ccc2c3c(cccc13)C1(c3ccccc3-c3ccccc31)c1ncccc1-2. The van der Waals surface area contributed by atoms with Gasteiger partial charge in [0.2, 0.25) is 0 Å². The molecular weight excluding hydrogens is 430 g/mol. The minimum atomic E-state index is -0.406. The molecular formula is C28H16BrN. The second kappa shape index (κ2) is 5.68. The van der Waals surface area contributed by atoms with Crippen molar-refractivity contribution in [2.45, 2.75) is 5.41 Å². The third-order valence-corrected chi connectivity index (χ3v) is 7.49. The van der Waals surface area contributed by atoms with Gasteiger partial charge in [-0.05, 0) is 56.3 Å². The van der Waals surface area contributed by atoms with Crippen molar-refractivity contribution in [1.82, 2.24) is 4.98 Å². The Labute approximate surface area is 183 Å². The molecule has 1 spiro atoms. The van der Waals surface area contributed by atoms with Gasteiger partial charge in [-0.2, -0.15) is 0 Å². The summed E-state index contributed by atoms with van der Waals surface area (Å²) in [6.45, 7) is 0. The van der Waals surface area contributed by atoms with E-state index >= 15 is 0 Å². The Morgan fingerprint density at radius 3 is 2.00 bits per heavy atom. The van der Waals surface area contributed by atoms with E-state index in [9.17, 15) is 0 Å². The van der Waals surface area contributed by atoms with Gasteiger partial charge in [-0.25, -0.2) is 0 Å². The summed E-state index contributed by atoms with van der Waals surface area (Å²) in [6.07, 6.45) is 1.94. The molecule has 0 N–H and O–H groups in total. The van der Waals surface area contributed by atoms with Gasteiger partial charge in [0.1, 0.15) is 0 Å². The number of halogens is 1. The average Bonchev–Trinajstić information content (AvgIpc) is 3.10. The van der Waals surface area contributed by atoms with Crippen molar-refractivity contribution in [1.29, 1.82) is 0 Å². The Kier molecular flexibility index (Phi) is 3.13. The number of aromatic nitrogens is 1. The number of hydrogen-bond donors (Lipinski definition) is 0. The summed E-state index contributed by atoms with van der Waals surface area (Å²) in [5, 5.41) is 2.57. The zero-order chi connectivity index (χ0) is 19.9. The van der Waals surface area contributed by atoms with E-state index in [0.29, 0.717) is 0 Å². The zero-order valence-electron chi connectivity index (χ0n) is 16.1. The first-order chi connectivity index (χ1) is 14.8. The fourth-order valence-electron chi connectivity index (χ4n) is 5.74. The van der Waals surface area contributed by atoms with Crippen LogP contribution in [0.1, 0.15) is 22.4 Å². The van der Waals surface area contributed by atoms with Crippen LogP contribution in [0.15, 0.2) is 102 Å². The number of fused-ring (bicyclic) bond motifs is 9. The molecule has 1 aromatic heterocycles. The van der Waals surface area contributed by atoms with Crippen molar-refractivity contribution in [3.63, 3.8) is 0 Å². The molecule has 1 nitrogen and oxygen atoms in total. The molecule has 30 heavy (non-hydrogen) atoms. The second-order valence-corrected chi connectivity index (χ2v) is 8.92. The highest BCUT2D eigenvalue weighted by molar-refractivity contribution is 9.10. The van der Waals surface area contributed by atoms with Gasteiger partial charge in [0.25, 0.3) is 0 Å². The molecule has 0 atom stereocenters. The fourth-order valence-corrected chi connectivity index (χ4v) is 6.20. The molecule has 140 valence electrons. The van der Waals surface area contributed by atoms with Crippen molar-refractivity contribution >= 4 is 26.7 Å². The highest BCUT2D eigenvalue weighted by atomic mass is 79.9. The van der Waals surface area contributed by atoms with Crippen LogP contribution in [0.2, 0.25) is 0 Å². The maximum atomic E-state index is 5.05. The van der Waals surface area contributed by atoms with E-state index in [1.807, 2.05) is 6.20 Å². The van der Waals surface area contributed by atoms with Crippen LogP contribution in [0.25, 0.3) is 33.0 Å². The average molecular weight is 446 g/mol. The van der Waals surface area contributed by atoms with Gasteiger partial charge >= 0.3 is 0 Å². The molecule has 0 bridgehead atoms. The van der Waals surface area contributed by atoms with Gasteiger partial charge in [0, 0.05) is 16.2 Å². The number of pyridine rings is 1. The Balaban J connectivity index is 1.80. The maximum Gasteiger partial charge on any atom is 0.0898 e. The Morgan fingerprint density at radius 1 is 0.567 bits per heavy atom. The summed E-state index contributed by atoms with van der Waals surface area (Å²) in [5.74, 6) is 0. The van der Waals surface area contributed by atoms with E-state index in [2.05, 4.69) is 107 Å². The van der Waals surface area contributed by atoms with Gasteiger partial charge in [-0.3, -0.25) is 4.98 Å². The third kappa shape index (κ3) is 1.78. The van der Waals surface area contributed by atoms with E-state index in [0.717, 1.165) is 10.2 Å². The molecule has 5 aromatic rings. The maximum absolute atomic E-state index is 5.05. The summed E-state index contributed by atoms with van der Waals surface area (Å²) in [4.78, 5) is 5.05. The molecule has 0 aliphatic heterocycles. The van der Waals surface area contributed by atoms with Gasteiger partial charge in [0.05, 0.1) is 11.1 Å². The normalized spacial score (nSPS) is 14.4. The van der Waals surface area contributed by atoms with Gasteiger partial charge in [-0.15, -0.1) is 0 Å². The van der Waals surface area contributed by atoms with Crippen LogP contribution in [0, 0.1) is 0 Å². The summed E-state index contributed by atoms with van der Waals surface area (Å²) in [7, 11) is 0. The predicted molar refractivity (Wildman–Crippen MR) is 126 cm³/mol. The minimum Gasteiger partial charge on any atom is -0.259 e. The van der Waals surface area contributed by atoms with Gasteiger partial charge in [-0.1, -0.05) is 94.8 Å². The Bertz CT molecular complexity index is 1470. The summed E-state index contributed by atoms with van der Waals surface area (Å²) in [5.41, 5.74) is 9.79. The van der Waals surface area contributed by atoms with Crippen LogP contribution in [0.3, 0.4) is 0 Å². The third-order valence-electron chi connectivity index (χ3n) is 6.80. The second-order valence-electron chi connectivity index (χ2n) is 8.06. The highest BCUT2D eigenvalue weighted by Gasteiger charge is 2.50. The Hall–Kier alpha value is -3.23. The van der Waals surface area contributed by atoms with Crippen LogP contribution in [-0.2, 0) is 5.41 Å². The molecule has 0 unspecified atom stereocenters. The zero-order valence-corrected chi connectivity index (χ0v) is 17.6. The first kappa shape index (κ1) is 16.6. The molecule has 0 amide bonds. The number of nitrogens with zero attached hydrogens (tertiary/aromatic N) is 1. The smallest absolute Gasteiger partial charge is 0.0898 e. The molecule has 2 aliphatic carbocycles. The van der Waals surface area contributed by atoms with E-state index in [1.165, 1.54) is 49.7 Å². The van der Waals surface area contributed by atoms with Gasteiger partial charge < -0.3 is 0 Å². The van der Waals surface area contributed by atoms with Crippen molar-refractivity contribution in [3.8, 4) is 22.3 Å². The van der Waals surface area contributed by atoms with Crippen LogP contribution >= 0.6 is 15.9 Å². The highest BCUT2D eigenvalue weighted by Crippen LogP contribution is 2.61. The number of rotatable bonds is 0.